The van der Waals surface area contributed by atoms with Crippen LogP contribution < -0.4 is 11.1 Å². The first kappa shape index (κ1) is 12.2. The number of nitrogens with zero attached hydrogens (tertiary/aromatic N) is 1. The summed E-state index contributed by atoms with van der Waals surface area (Å²) in [6, 6.07) is 2.75. The predicted octanol–water partition coefficient (Wildman–Crippen LogP) is 2.96. The Kier molecular flexibility index (Phi) is 3.05. The monoisotopic (exact) mass is 257 g/mol. The van der Waals surface area contributed by atoms with Crippen molar-refractivity contribution >= 4 is 17.2 Å². The molecular formula is C11H7F4N3. The number of hydrogen-bond acceptors (Lipinski definition) is 3. The van der Waals surface area contributed by atoms with Crippen molar-refractivity contribution < 1.29 is 17.6 Å². The Morgan fingerprint density at radius 1 is 1.00 bits per heavy atom. The van der Waals surface area contributed by atoms with E-state index >= 15 is 0 Å². The van der Waals surface area contributed by atoms with Gasteiger partial charge in [0, 0.05) is 24.0 Å². The van der Waals surface area contributed by atoms with Gasteiger partial charge in [-0.15, -0.1) is 0 Å². The summed E-state index contributed by atoms with van der Waals surface area (Å²) >= 11 is 0. The van der Waals surface area contributed by atoms with Crippen molar-refractivity contribution in [1.82, 2.24) is 4.98 Å². The Hall–Kier alpha value is -2.31. The molecule has 0 aliphatic rings. The number of anilines is 3. The van der Waals surface area contributed by atoms with E-state index in [1.165, 1.54) is 18.3 Å². The van der Waals surface area contributed by atoms with Crippen LogP contribution >= 0.6 is 0 Å². The van der Waals surface area contributed by atoms with Crippen LogP contribution in [0.15, 0.2) is 24.4 Å². The van der Waals surface area contributed by atoms with Crippen LogP contribution in [0.25, 0.3) is 0 Å². The van der Waals surface area contributed by atoms with Crippen LogP contribution in [0.4, 0.5) is 34.8 Å². The third kappa shape index (κ3) is 2.20. The molecule has 0 saturated heterocycles. The molecule has 1 aromatic heterocycles. The third-order valence-corrected chi connectivity index (χ3v) is 2.16. The molecule has 0 unspecified atom stereocenters. The van der Waals surface area contributed by atoms with E-state index < -0.39 is 29.0 Å². The fourth-order valence-corrected chi connectivity index (χ4v) is 1.35. The topological polar surface area (TPSA) is 50.9 Å². The summed E-state index contributed by atoms with van der Waals surface area (Å²) in [6.45, 7) is 0. The maximum absolute atomic E-state index is 13.3. The zero-order chi connectivity index (χ0) is 13.3. The summed E-state index contributed by atoms with van der Waals surface area (Å²) in [5, 5.41) is 2.21. The molecule has 0 radical (unpaired) electrons. The number of nitrogens with two attached hydrogens (primary N) is 1. The minimum absolute atomic E-state index is 0.0951. The van der Waals surface area contributed by atoms with E-state index in [4.69, 9.17) is 5.73 Å². The van der Waals surface area contributed by atoms with E-state index in [2.05, 4.69) is 10.3 Å². The van der Waals surface area contributed by atoms with Crippen molar-refractivity contribution in [3.8, 4) is 0 Å². The number of halogens is 4. The van der Waals surface area contributed by atoms with Crippen LogP contribution in [-0.2, 0) is 0 Å². The molecule has 0 spiro atoms. The van der Waals surface area contributed by atoms with Gasteiger partial charge in [-0.25, -0.2) is 22.5 Å². The lowest BCUT2D eigenvalue weighted by Crippen LogP contribution is -2.03. The van der Waals surface area contributed by atoms with Crippen molar-refractivity contribution in [3.05, 3.63) is 47.7 Å². The lowest BCUT2D eigenvalue weighted by Gasteiger charge is -2.10. The summed E-state index contributed by atoms with van der Waals surface area (Å²) in [4.78, 5) is 3.66. The van der Waals surface area contributed by atoms with E-state index in [1.807, 2.05) is 0 Å². The van der Waals surface area contributed by atoms with E-state index in [0.29, 0.717) is 0 Å². The van der Waals surface area contributed by atoms with Gasteiger partial charge in [0.1, 0.15) is 11.5 Å². The summed E-state index contributed by atoms with van der Waals surface area (Å²) in [5.74, 6) is -5.90. The normalized spacial score (nSPS) is 10.4. The molecule has 94 valence electrons. The second-order valence-electron chi connectivity index (χ2n) is 3.44. The molecule has 18 heavy (non-hydrogen) atoms. The summed E-state index contributed by atoms with van der Waals surface area (Å²) in [5.41, 5.74) is 4.60. The molecule has 0 bridgehead atoms. The number of rotatable bonds is 2. The van der Waals surface area contributed by atoms with E-state index in [0.717, 1.165) is 0 Å². The van der Waals surface area contributed by atoms with Crippen molar-refractivity contribution in [3.63, 3.8) is 0 Å². The number of nitrogen functional groups attached to an aromatic ring is 1. The molecule has 0 atom stereocenters. The van der Waals surface area contributed by atoms with Crippen molar-refractivity contribution in [2.24, 2.45) is 0 Å². The average Bonchev–Trinajstić information content (AvgIpc) is 2.32. The number of aromatic nitrogens is 1. The Morgan fingerprint density at radius 3 is 2.17 bits per heavy atom. The van der Waals surface area contributed by atoms with Crippen LogP contribution in [-0.4, -0.2) is 4.98 Å². The lowest BCUT2D eigenvalue weighted by molar-refractivity contribution is 0.459. The van der Waals surface area contributed by atoms with Crippen LogP contribution in [0, 0.1) is 23.3 Å². The fraction of sp³-hybridized carbons (Fsp3) is 0. The maximum Gasteiger partial charge on any atom is 0.185 e. The van der Waals surface area contributed by atoms with E-state index in [9.17, 15) is 17.6 Å². The molecular weight excluding hydrogens is 250 g/mol. The second-order valence-corrected chi connectivity index (χ2v) is 3.44. The Bertz CT molecular complexity index is 575. The number of pyridine rings is 1. The smallest absolute Gasteiger partial charge is 0.185 e. The van der Waals surface area contributed by atoms with Gasteiger partial charge in [0.25, 0.3) is 0 Å². The molecule has 2 rings (SSSR count). The van der Waals surface area contributed by atoms with Crippen LogP contribution in [0.1, 0.15) is 0 Å². The van der Waals surface area contributed by atoms with E-state index in [1.54, 1.807) is 0 Å². The average molecular weight is 257 g/mol. The number of benzene rings is 1. The first-order chi connectivity index (χ1) is 8.49. The van der Waals surface area contributed by atoms with Gasteiger partial charge in [-0.05, 0) is 6.07 Å². The molecule has 0 aliphatic heterocycles. The summed E-state index contributed by atoms with van der Waals surface area (Å²) in [7, 11) is 0. The van der Waals surface area contributed by atoms with Crippen LogP contribution in [0.2, 0.25) is 0 Å². The van der Waals surface area contributed by atoms with Gasteiger partial charge < -0.3 is 11.1 Å². The van der Waals surface area contributed by atoms with Gasteiger partial charge >= 0.3 is 0 Å². The molecule has 1 heterocycles. The van der Waals surface area contributed by atoms with Gasteiger partial charge in [0.2, 0.25) is 0 Å². The highest BCUT2D eigenvalue weighted by atomic mass is 19.2. The second kappa shape index (κ2) is 4.52. The van der Waals surface area contributed by atoms with Gasteiger partial charge in [-0.3, -0.25) is 0 Å². The first-order valence-electron chi connectivity index (χ1n) is 4.80. The molecule has 0 aliphatic carbocycles. The molecule has 3 nitrogen and oxygen atoms in total. The highest BCUT2D eigenvalue weighted by Gasteiger charge is 2.19. The highest BCUT2D eigenvalue weighted by molar-refractivity contribution is 5.63. The SMILES string of the molecule is Nc1cc(Nc2c(F)c(F)cc(F)c2F)ccn1. The van der Waals surface area contributed by atoms with Crippen LogP contribution in [0.5, 0.6) is 0 Å². The van der Waals surface area contributed by atoms with E-state index in [-0.39, 0.29) is 17.6 Å². The minimum atomic E-state index is -1.51. The maximum atomic E-state index is 13.3. The summed E-state index contributed by atoms with van der Waals surface area (Å²) in [6.07, 6.45) is 1.28. The predicted molar refractivity (Wildman–Crippen MR) is 58.2 cm³/mol. The standard InChI is InChI=1S/C11H7F4N3/c12-6-4-7(13)10(15)11(9(6)14)18-5-1-2-17-8(16)3-5/h1-4H,(H3,16,17,18). The van der Waals surface area contributed by atoms with Crippen LogP contribution in [0.3, 0.4) is 0 Å². The van der Waals surface area contributed by atoms with Gasteiger partial charge in [0.15, 0.2) is 23.3 Å². The zero-order valence-corrected chi connectivity index (χ0v) is 8.85. The molecule has 2 aromatic rings. The molecule has 1 aromatic carbocycles. The Morgan fingerprint density at radius 2 is 1.61 bits per heavy atom. The lowest BCUT2D eigenvalue weighted by atomic mass is 10.2. The molecule has 7 heteroatoms. The molecule has 0 fully saturated rings. The fourth-order valence-electron chi connectivity index (χ4n) is 1.35. The summed E-state index contributed by atoms with van der Waals surface area (Å²) < 4.78 is 52.6. The highest BCUT2D eigenvalue weighted by Crippen LogP contribution is 2.27. The number of hydrogen-bond donors (Lipinski definition) is 2. The van der Waals surface area contributed by atoms with Crippen molar-refractivity contribution in [2.45, 2.75) is 0 Å². The zero-order valence-electron chi connectivity index (χ0n) is 8.85. The largest absolute Gasteiger partial charge is 0.384 e. The molecule has 0 amide bonds. The van der Waals surface area contributed by atoms with Gasteiger partial charge in [0.05, 0.1) is 0 Å². The van der Waals surface area contributed by atoms with Crippen molar-refractivity contribution in [1.29, 1.82) is 0 Å². The molecule has 0 saturated carbocycles. The Labute approximate surface area is 99.3 Å². The van der Waals surface area contributed by atoms with Crippen molar-refractivity contribution in [2.75, 3.05) is 11.1 Å². The third-order valence-electron chi connectivity index (χ3n) is 2.16. The quantitative estimate of drug-likeness (QED) is 0.642. The molecule has 3 N–H and O–H groups in total. The first-order valence-corrected chi connectivity index (χ1v) is 4.80. The Balaban J connectivity index is 2.46. The number of nitrogens with one attached hydrogen (secondary N) is 1. The minimum Gasteiger partial charge on any atom is -0.384 e. The van der Waals surface area contributed by atoms with Gasteiger partial charge in [-0.1, -0.05) is 0 Å². The van der Waals surface area contributed by atoms with Gasteiger partial charge in [-0.2, -0.15) is 0 Å².